The van der Waals surface area contributed by atoms with E-state index in [1.54, 1.807) is 6.92 Å². The predicted octanol–water partition coefficient (Wildman–Crippen LogP) is 0.814. The molecule has 4 N–H and O–H groups in total. The van der Waals surface area contributed by atoms with Crippen molar-refractivity contribution in [3.8, 4) is 0 Å². The lowest BCUT2D eigenvalue weighted by atomic mass is 9.83. The van der Waals surface area contributed by atoms with Gasteiger partial charge in [-0.05, 0) is 31.6 Å². The van der Waals surface area contributed by atoms with Crippen molar-refractivity contribution in [3.63, 3.8) is 0 Å². The first kappa shape index (κ1) is 15.7. The number of aliphatic hydroxyl groups is 1. The molecule has 16 heavy (non-hydrogen) atoms. The highest BCUT2D eigenvalue weighted by Gasteiger charge is 2.33. The van der Waals surface area contributed by atoms with Gasteiger partial charge in [0, 0.05) is 13.2 Å². The summed E-state index contributed by atoms with van der Waals surface area (Å²) in [5, 5.41) is 11.9. The van der Waals surface area contributed by atoms with E-state index in [-0.39, 0.29) is 30.3 Å². The minimum absolute atomic E-state index is 0. The monoisotopic (exact) mass is 250 g/mol. The van der Waals surface area contributed by atoms with Crippen LogP contribution in [-0.2, 0) is 4.79 Å². The van der Waals surface area contributed by atoms with Crippen LogP contribution in [0.2, 0.25) is 0 Å². The van der Waals surface area contributed by atoms with Crippen molar-refractivity contribution in [1.29, 1.82) is 0 Å². The van der Waals surface area contributed by atoms with E-state index in [4.69, 9.17) is 10.8 Å². The number of aliphatic hydroxyl groups excluding tert-OH is 1. The molecule has 1 fully saturated rings. The number of carbonyl (C=O) groups is 1. The number of nitrogens with two attached hydrogens (primary N) is 1. The van der Waals surface area contributed by atoms with Crippen LogP contribution in [0.1, 0.15) is 39.0 Å². The van der Waals surface area contributed by atoms with Gasteiger partial charge in [-0.15, -0.1) is 12.4 Å². The first-order valence-electron chi connectivity index (χ1n) is 5.74. The molecule has 1 amide bonds. The SMILES string of the molecule is CC(N)C(=O)NCC1(CCO)CCCC1.Cl. The number of amides is 1. The second-order valence-corrected chi connectivity index (χ2v) is 4.69. The molecule has 0 aliphatic heterocycles. The van der Waals surface area contributed by atoms with Gasteiger partial charge in [-0.2, -0.15) is 0 Å². The molecule has 1 rings (SSSR count). The highest BCUT2D eigenvalue weighted by molar-refractivity contribution is 5.85. The minimum atomic E-state index is -0.447. The van der Waals surface area contributed by atoms with Crippen LogP contribution >= 0.6 is 12.4 Å². The van der Waals surface area contributed by atoms with Crippen LogP contribution in [0.3, 0.4) is 0 Å². The lowest BCUT2D eigenvalue weighted by molar-refractivity contribution is -0.122. The van der Waals surface area contributed by atoms with Crippen LogP contribution in [0.25, 0.3) is 0 Å². The van der Waals surface area contributed by atoms with Gasteiger partial charge in [0.1, 0.15) is 0 Å². The van der Waals surface area contributed by atoms with E-state index in [9.17, 15) is 4.79 Å². The van der Waals surface area contributed by atoms with E-state index >= 15 is 0 Å². The number of nitrogens with one attached hydrogen (secondary N) is 1. The molecule has 0 saturated heterocycles. The number of halogens is 1. The van der Waals surface area contributed by atoms with Crippen LogP contribution < -0.4 is 11.1 Å². The second kappa shape index (κ2) is 7.09. The average Bonchev–Trinajstić information content (AvgIpc) is 2.64. The molecule has 1 aliphatic carbocycles. The Hall–Kier alpha value is -0.320. The summed E-state index contributed by atoms with van der Waals surface area (Å²) in [7, 11) is 0. The maximum Gasteiger partial charge on any atom is 0.236 e. The molecule has 1 atom stereocenters. The molecule has 0 radical (unpaired) electrons. The van der Waals surface area contributed by atoms with E-state index in [1.807, 2.05) is 0 Å². The summed E-state index contributed by atoms with van der Waals surface area (Å²) in [6.07, 6.45) is 5.40. The van der Waals surface area contributed by atoms with Crippen molar-refractivity contribution in [1.82, 2.24) is 5.32 Å². The summed E-state index contributed by atoms with van der Waals surface area (Å²) >= 11 is 0. The Morgan fingerprint density at radius 3 is 2.50 bits per heavy atom. The van der Waals surface area contributed by atoms with Crippen LogP contribution in [0.4, 0.5) is 0 Å². The third-order valence-corrected chi connectivity index (χ3v) is 3.36. The summed E-state index contributed by atoms with van der Waals surface area (Å²) in [6, 6.07) is -0.447. The van der Waals surface area contributed by atoms with E-state index in [0.29, 0.717) is 6.54 Å². The molecule has 5 heteroatoms. The van der Waals surface area contributed by atoms with E-state index in [1.165, 1.54) is 12.8 Å². The average molecular weight is 251 g/mol. The van der Waals surface area contributed by atoms with Crippen LogP contribution in [0.5, 0.6) is 0 Å². The Morgan fingerprint density at radius 1 is 1.50 bits per heavy atom. The standard InChI is InChI=1S/C11H22N2O2.ClH/c1-9(12)10(15)13-8-11(6-7-14)4-2-3-5-11;/h9,14H,2-8,12H2,1H3,(H,13,15);1H. The quantitative estimate of drug-likeness (QED) is 0.676. The molecule has 0 aromatic heterocycles. The fourth-order valence-electron chi connectivity index (χ4n) is 2.31. The highest BCUT2D eigenvalue weighted by Crippen LogP contribution is 2.40. The molecule has 0 spiro atoms. The van der Waals surface area contributed by atoms with Crippen molar-refractivity contribution in [2.24, 2.45) is 11.1 Å². The van der Waals surface area contributed by atoms with E-state index in [0.717, 1.165) is 19.3 Å². The molecule has 0 heterocycles. The zero-order valence-corrected chi connectivity index (χ0v) is 10.7. The lowest BCUT2D eigenvalue weighted by Crippen LogP contribution is -2.43. The Balaban J connectivity index is 0.00000225. The summed E-state index contributed by atoms with van der Waals surface area (Å²) in [6.45, 7) is 2.55. The molecule has 1 aliphatic rings. The van der Waals surface area contributed by atoms with Crippen molar-refractivity contribution < 1.29 is 9.90 Å². The molecule has 0 aromatic rings. The molecule has 1 unspecified atom stereocenters. The molecule has 0 bridgehead atoms. The number of carbonyl (C=O) groups excluding carboxylic acids is 1. The van der Waals surface area contributed by atoms with Gasteiger partial charge in [0.2, 0.25) is 5.91 Å². The fraction of sp³-hybridized carbons (Fsp3) is 0.909. The van der Waals surface area contributed by atoms with Crippen LogP contribution in [-0.4, -0.2) is 30.2 Å². The van der Waals surface area contributed by atoms with Crippen LogP contribution in [0, 0.1) is 5.41 Å². The maximum atomic E-state index is 11.3. The Morgan fingerprint density at radius 2 is 2.06 bits per heavy atom. The van der Waals surface area contributed by atoms with Gasteiger partial charge in [-0.3, -0.25) is 4.79 Å². The Bertz CT molecular complexity index is 216. The molecule has 4 nitrogen and oxygen atoms in total. The zero-order valence-electron chi connectivity index (χ0n) is 9.87. The number of hydrogen-bond donors (Lipinski definition) is 3. The third kappa shape index (κ3) is 4.28. The van der Waals surface area contributed by atoms with Gasteiger partial charge >= 0.3 is 0 Å². The molecular formula is C11H23ClN2O2. The summed E-state index contributed by atoms with van der Waals surface area (Å²) in [5.74, 6) is -0.0979. The Labute approximate surface area is 103 Å². The largest absolute Gasteiger partial charge is 0.396 e. The summed E-state index contributed by atoms with van der Waals surface area (Å²) in [5.41, 5.74) is 5.60. The fourth-order valence-corrected chi connectivity index (χ4v) is 2.31. The predicted molar refractivity (Wildman–Crippen MR) is 66.5 cm³/mol. The van der Waals surface area contributed by atoms with Crippen molar-refractivity contribution in [3.05, 3.63) is 0 Å². The van der Waals surface area contributed by atoms with Crippen LogP contribution in [0.15, 0.2) is 0 Å². The third-order valence-electron chi connectivity index (χ3n) is 3.36. The number of hydrogen-bond acceptors (Lipinski definition) is 3. The first-order chi connectivity index (χ1) is 7.09. The van der Waals surface area contributed by atoms with Crippen molar-refractivity contribution >= 4 is 18.3 Å². The maximum absolute atomic E-state index is 11.3. The van der Waals surface area contributed by atoms with Gasteiger partial charge in [-0.25, -0.2) is 0 Å². The molecular weight excluding hydrogens is 228 g/mol. The first-order valence-corrected chi connectivity index (χ1v) is 5.74. The van der Waals surface area contributed by atoms with Gasteiger partial charge in [-0.1, -0.05) is 12.8 Å². The zero-order chi connectivity index (χ0) is 11.3. The number of rotatable bonds is 5. The van der Waals surface area contributed by atoms with E-state index < -0.39 is 6.04 Å². The van der Waals surface area contributed by atoms with Gasteiger partial charge in [0.25, 0.3) is 0 Å². The normalized spacial score (nSPS) is 19.9. The minimum Gasteiger partial charge on any atom is -0.396 e. The second-order valence-electron chi connectivity index (χ2n) is 4.69. The summed E-state index contributed by atoms with van der Waals surface area (Å²) < 4.78 is 0. The van der Waals surface area contributed by atoms with Crippen molar-refractivity contribution in [2.75, 3.05) is 13.2 Å². The molecule has 0 aromatic carbocycles. The van der Waals surface area contributed by atoms with Gasteiger partial charge in [0.15, 0.2) is 0 Å². The highest BCUT2D eigenvalue weighted by atomic mass is 35.5. The lowest BCUT2D eigenvalue weighted by Gasteiger charge is -2.28. The van der Waals surface area contributed by atoms with E-state index in [2.05, 4.69) is 5.32 Å². The smallest absolute Gasteiger partial charge is 0.236 e. The molecule has 96 valence electrons. The Kier molecular flexibility index (Phi) is 6.95. The van der Waals surface area contributed by atoms with Gasteiger partial charge in [0.05, 0.1) is 6.04 Å². The van der Waals surface area contributed by atoms with Gasteiger partial charge < -0.3 is 16.2 Å². The molecule has 1 saturated carbocycles. The van der Waals surface area contributed by atoms with Crippen molar-refractivity contribution in [2.45, 2.75) is 45.1 Å². The summed E-state index contributed by atoms with van der Waals surface area (Å²) in [4.78, 5) is 11.3. The topological polar surface area (TPSA) is 75.4 Å².